The lowest BCUT2D eigenvalue weighted by Gasteiger charge is -2.19. The molecular formula is C32H35N3O3S. The lowest BCUT2D eigenvalue weighted by Crippen LogP contribution is -2.42. The zero-order valence-electron chi connectivity index (χ0n) is 23.3. The van der Waals surface area contributed by atoms with E-state index in [1.807, 2.05) is 42.7 Å². The lowest BCUT2D eigenvalue weighted by atomic mass is 9.86. The third-order valence-electron chi connectivity index (χ3n) is 6.56. The summed E-state index contributed by atoms with van der Waals surface area (Å²) >= 11 is 1.39. The van der Waals surface area contributed by atoms with Crippen molar-refractivity contribution in [2.24, 2.45) is 0 Å². The van der Waals surface area contributed by atoms with E-state index >= 15 is 0 Å². The Labute approximate surface area is 234 Å². The Hall–Kier alpha value is -3.84. The van der Waals surface area contributed by atoms with Crippen LogP contribution in [-0.4, -0.2) is 33.0 Å². The van der Waals surface area contributed by atoms with Crippen LogP contribution in [-0.2, 0) is 22.0 Å². The lowest BCUT2D eigenvalue weighted by molar-refractivity contribution is -0.139. The van der Waals surface area contributed by atoms with E-state index in [4.69, 9.17) is 0 Å². The average molecular weight is 542 g/mol. The molecule has 0 aliphatic rings. The summed E-state index contributed by atoms with van der Waals surface area (Å²) in [5, 5.41) is 12.4. The van der Waals surface area contributed by atoms with E-state index in [9.17, 15) is 14.7 Å². The van der Waals surface area contributed by atoms with Crippen LogP contribution in [0.25, 0.3) is 22.5 Å². The van der Waals surface area contributed by atoms with Gasteiger partial charge in [0.1, 0.15) is 6.04 Å². The van der Waals surface area contributed by atoms with Gasteiger partial charge in [0.15, 0.2) is 5.82 Å². The normalized spacial score (nSPS) is 12.7. The molecule has 2 heterocycles. The number of carboxylic acids is 1. The van der Waals surface area contributed by atoms with E-state index in [1.54, 1.807) is 6.07 Å². The number of hydrogen-bond donors (Lipinski definition) is 2. The van der Waals surface area contributed by atoms with Crippen molar-refractivity contribution in [3.05, 3.63) is 93.9 Å². The number of rotatable bonds is 7. The number of hydrogen-bond acceptors (Lipinski definition) is 5. The molecule has 4 rings (SSSR count). The molecule has 2 aromatic heterocycles. The Bertz CT molecular complexity index is 1440. The summed E-state index contributed by atoms with van der Waals surface area (Å²) in [6.45, 7) is 12.8. The van der Waals surface area contributed by atoms with Gasteiger partial charge in [-0.25, -0.2) is 14.8 Å². The number of nitrogens with one attached hydrogen (secondary N) is 1. The van der Waals surface area contributed by atoms with Gasteiger partial charge in [-0.05, 0) is 39.7 Å². The molecule has 6 nitrogen and oxygen atoms in total. The van der Waals surface area contributed by atoms with Gasteiger partial charge in [-0.1, -0.05) is 90.1 Å². The summed E-state index contributed by atoms with van der Waals surface area (Å²) in [4.78, 5) is 35.3. The highest BCUT2D eigenvalue weighted by Gasteiger charge is 2.24. The minimum Gasteiger partial charge on any atom is -0.480 e. The molecule has 0 radical (unpaired) electrons. The first-order chi connectivity index (χ1) is 18.3. The number of nitrogens with zero attached hydrogens (tertiary/aromatic N) is 2. The van der Waals surface area contributed by atoms with Gasteiger partial charge in [0.25, 0.3) is 5.91 Å². The number of carbonyl (C=O) groups is 2. The highest BCUT2D eigenvalue weighted by Crippen LogP contribution is 2.30. The third kappa shape index (κ3) is 6.98. The smallest absolute Gasteiger partial charge is 0.326 e. The van der Waals surface area contributed by atoms with Crippen LogP contribution < -0.4 is 5.32 Å². The number of thiophene rings is 1. The van der Waals surface area contributed by atoms with Gasteiger partial charge in [-0.15, -0.1) is 11.3 Å². The second kappa shape index (κ2) is 11.1. The van der Waals surface area contributed by atoms with E-state index < -0.39 is 12.0 Å². The van der Waals surface area contributed by atoms with Crippen molar-refractivity contribution in [2.45, 2.75) is 64.8 Å². The number of benzene rings is 2. The monoisotopic (exact) mass is 541 g/mol. The van der Waals surface area contributed by atoms with Crippen LogP contribution in [0.15, 0.2) is 73.1 Å². The van der Waals surface area contributed by atoms with Gasteiger partial charge >= 0.3 is 5.97 Å². The molecule has 1 atom stereocenters. The van der Waals surface area contributed by atoms with E-state index in [1.165, 1.54) is 16.9 Å². The summed E-state index contributed by atoms with van der Waals surface area (Å²) in [7, 11) is 0. The number of aliphatic carboxylic acids is 1. The molecule has 0 spiro atoms. The molecule has 2 N–H and O–H groups in total. The van der Waals surface area contributed by atoms with Crippen LogP contribution in [0.1, 0.15) is 67.2 Å². The van der Waals surface area contributed by atoms with E-state index in [0.717, 1.165) is 27.1 Å². The standard InChI is InChI=1S/C32H35N3O3S/c1-31(2,3)24-13-11-21(12-14-24)23-18-33-28(34-19-23)22-9-7-20(8-10-22)17-25(30(37)38)35-29(36)26-15-16-27(39-26)32(4,5)6/h7-16,18-19,25H,17H2,1-6H3,(H,35,36)(H,37,38)/t25-/m0/s1. The highest BCUT2D eigenvalue weighted by molar-refractivity contribution is 7.14. The Kier molecular flexibility index (Phi) is 8.02. The minimum absolute atomic E-state index is 0.0706. The molecule has 2 aromatic carbocycles. The molecule has 0 bridgehead atoms. The molecule has 0 fully saturated rings. The zero-order chi connectivity index (χ0) is 28.4. The van der Waals surface area contributed by atoms with Crippen LogP contribution in [0, 0.1) is 0 Å². The highest BCUT2D eigenvalue weighted by atomic mass is 32.1. The maximum Gasteiger partial charge on any atom is 0.326 e. The van der Waals surface area contributed by atoms with Crippen LogP contribution in [0.4, 0.5) is 0 Å². The van der Waals surface area contributed by atoms with Crippen molar-refractivity contribution in [1.29, 1.82) is 0 Å². The summed E-state index contributed by atoms with van der Waals surface area (Å²) in [5.74, 6) is -0.859. The molecule has 0 aliphatic carbocycles. The van der Waals surface area contributed by atoms with Crippen LogP contribution in [0.5, 0.6) is 0 Å². The van der Waals surface area contributed by atoms with Gasteiger partial charge in [-0.3, -0.25) is 4.79 Å². The summed E-state index contributed by atoms with van der Waals surface area (Å²) in [5.41, 5.74) is 4.93. The maximum atomic E-state index is 12.7. The predicted molar refractivity (Wildman–Crippen MR) is 157 cm³/mol. The fourth-order valence-electron chi connectivity index (χ4n) is 4.11. The Balaban J connectivity index is 1.42. The van der Waals surface area contributed by atoms with Gasteiger partial charge in [-0.2, -0.15) is 0 Å². The second-order valence-electron chi connectivity index (χ2n) is 11.8. The minimum atomic E-state index is -1.07. The summed E-state index contributed by atoms with van der Waals surface area (Å²) < 4.78 is 0. The largest absolute Gasteiger partial charge is 0.480 e. The zero-order valence-corrected chi connectivity index (χ0v) is 24.1. The first-order valence-electron chi connectivity index (χ1n) is 13.0. The number of amides is 1. The molecule has 4 aromatic rings. The summed E-state index contributed by atoms with van der Waals surface area (Å²) in [6, 6.07) is 18.5. The van der Waals surface area contributed by atoms with Crippen LogP contribution in [0.3, 0.4) is 0 Å². The van der Waals surface area contributed by atoms with Gasteiger partial charge in [0.05, 0.1) is 4.88 Å². The molecule has 0 saturated heterocycles. The molecule has 0 unspecified atom stereocenters. The van der Waals surface area contributed by atoms with Crippen LogP contribution in [0.2, 0.25) is 0 Å². The molecule has 0 aliphatic heterocycles. The van der Waals surface area contributed by atoms with Crippen molar-refractivity contribution >= 4 is 23.2 Å². The number of carbonyl (C=O) groups excluding carboxylic acids is 1. The maximum absolute atomic E-state index is 12.7. The van der Waals surface area contributed by atoms with Crippen molar-refractivity contribution in [3.63, 3.8) is 0 Å². The fourth-order valence-corrected chi connectivity index (χ4v) is 5.07. The van der Waals surface area contributed by atoms with Crippen molar-refractivity contribution in [2.75, 3.05) is 0 Å². The molecule has 7 heteroatoms. The third-order valence-corrected chi connectivity index (χ3v) is 8.07. The van der Waals surface area contributed by atoms with Crippen LogP contribution >= 0.6 is 11.3 Å². The quantitative estimate of drug-likeness (QED) is 0.266. The van der Waals surface area contributed by atoms with E-state index in [2.05, 4.69) is 81.1 Å². The second-order valence-corrected chi connectivity index (χ2v) is 12.9. The predicted octanol–water partition coefficient (Wildman–Crippen LogP) is 6.89. The Morgan fingerprint density at radius 1 is 0.795 bits per heavy atom. The fraction of sp³-hybridized carbons (Fsp3) is 0.312. The van der Waals surface area contributed by atoms with Gasteiger partial charge < -0.3 is 10.4 Å². The SMILES string of the molecule is CC(C)(C)c1ccc(-c2cnc(-c3ccc(C[C@H](NC(=O)c4ccc(C(C)(C)C)s4)C(=O)O)cc3)nc2)cc1. The summed E-state index contributed by atoms with van der Waals surface area (Å²) in [6.07, 6.45) is 3.80. The number of aromatic nitrogens is 2. The topological polar surface area (TPSA) is 92.2 Å². The van der Waals surface area contributed by atoms with E-state index in [0.29, 0.717) is 10.7 Å². The molecule has 202 valence electrons. The average Bonchev–Trinajstić information content (AvgIpc) is 3.40. The Morgan fingerprint density at radius 3 is 1.90 bits per heavy atom. The molecule has 1 amide bonds. The van der Waals surface area contributed by atoms with Gasteiger partial charge in [0.2, 0.25) is 0 Å². The van der Waals surface area contributed by atoms with Crippen molar-refractivity contribution < 1.29 is 14.7 Å². The van der Waals surface area contributed by atoms with Crippen molar-refractivity contribution in [3.8, 4) is 22.5 Å². The molecule has 39 heavy (non-hydrogen) atoms. The number of carboxylic acid groups (broad SMARTS) is 1. The molecule has 0 saturated carbocycles. The van der Waals surface area contributed by atoms with Gasteiger partial charge in [0, 0.05) is 34.8 Å². The molecular weight excluding hydrogens is 506 g/mol. The Morgan fingerprint density at radius 2 is 1.38 bits per heavy atom. The van der Waals surface area contributed by atoms with E-state index in [-0.39, 0.29) is 23.2 Å². The first-order valence-corrected chi connectivity index (χ1v) is 13.8. The van der Waals surface area contributed by atoms with Crippen molar-refractivity contribution in [1.82, 2.24) is 15.3 Å². The first kappa shape index (κ1) is 28.2.